The molecule has 2 N–H and O–H groups in total. The molecule has 7 nitrogen and oxygen atoms in total. The van der Waals surface area contributed by atoms with E-state index in [1.165, 1.54) is 0 Å². The number of carboxylic acids is 1. The van der Waals surface area contributed by atoms with E-state index in [4.69, 9.17) is 0 Å². The van der Waals surface area contributed by atoms with Crippen LogP contribution in [-0.2, 0) is 11.2 Å². The fourth-order valence-corrected chi connectivity index (χ4v) is 2.09. The summed E-state index contributed by atoms with van der Waals surface area (Å²) in [6, 6.07) is 9.91. The molecule has 1 amide bonds. The van der Waals surface area contributed by atoms with E-state index >= 15 is 0 Å². The molecular weight excluding hydrogens is 319 g/mol. The normalized spacial score (nSPS) is 11.5. The van der Waals surface area contributed by atoms with E-state index in [1.54, 1.807) is 30.3 Å². The van der Waals surface area contributed by atoms with Crippen LogP contribution in [0.25, 0.3) is 0 Å². The van der Waals surface area contributed by atoms with Crippen LogP contribution in [0.4, 0.5) is 10.1 Å². The second-order valence-corrected chi connectivity index (χ2v) is 4.98. The third-order valence-corrected chi connectivity index (χ3v) is 3.29. The van der Waals surface area contributed by atoms with Gasteiger partial charge in [0, 0.05) is 12.5 Å². The van der Waals surface area contributed by atoms with Gasteiger partial charge >= 0.3 is 5.97 Å². The van der Waals surface area contributed by atoms with Crippen LogP contribution in [0.1, 0.15) is 15.9 Å². The number of hydrogen-bond acceptors (Lipinski definition) is 4. The first-order valence-corrected chi connectivity index (χ1v) is 6.90. The van der Waals surface area contributed by atoms with E-state index in [0.29, 0.717) is 11.6 Å². The molecule has 2 aromatic carbocycles. The fraction of sp³-hybridized carbons (Fsp3) is 0.125. The van der Waals surface area contributed by atoms with Crippen molar-refractivity contribution in [2.45, 2.75) is 12.5 Å². The predicted molar refractivity (Wildman–Crippen MR) is 82.1 cm³/mol. The quantitative estimate of drug-likeness (QED) is 0.622. The molecule has 0 aromatic heterocycles. The van der Waals surface area contributed by atoms with Gasteiger partial charge in [0.1, 0.15) is 11.9 Å². The molecule has 2 rings (SSSR count). The average Bonchev–Trinajstić information content (AvgIpc) is 2.54. The number of hydrogen-bond donors (Lipinski definition) is 2. The number of amides is 1. The molecule has 0 unspecified atom stereocenters. The Labute approximate surface area is 135 Å². The molecule has 0 saturated heterocycles. The van der Waals surface area contributed by atoms with E-state index in [2.05, 4.69) is 5.32 Å². The Kier molecular flexibility index (Phi) is 5.20. The Balaban J connectivity index is 2.16. The van der Waals surface area contributed by atoms with Crippen molar-refractivity contribution in [1.82, 2.24) is 5.32 Å². The summed E-state index contributed by atoms with van der Waals surface area (Å²) in [6.07, 6.45) is 0.0243. The maximum atomic E-state index is 13.8. The number of carbonyl (C=O) groups excluding carboxylic acids is 1. The smallest absolute Gasteiger partial charge is 0.326 e. The Hall–Kier alpha value is -3.29. The second-order valence-electron chi connectivity index (χ2n) is 4.98. The number of carboxylic acid groups (broad SMARTS) is 1. The predicted octanol–water partition coefficient (Wildman–Crippen LogP) is 2.16. The highest BCUT2D eigenvalue weighted by molar-refractivity contribution is 5.97. The third-order valence-electron chi connectivity index (χ3n) is 3.29. The Morgan fingerprint density at radius 1 is 1.21 bits per heavy atom. The van der Waals surface area contributed by atoms with Crippen LogP contribution in [-0.4, -0.2) is 27.9 Å². The van der Waals surface area contributed by atoms with E-state index in [1.807, 2.05) is 0 Å². The molecule has 0 radical (unpaired) electrons. The van der Waals surface area contributed by atoms with Gasteiger partial charge in [-0.25, -0.2) is 9.18 Å². The number of halogens is 1. The summed E-state index contributed by atoms with van der Waals surface area (Å²) < 4.78 is 13.8. The number of nitro benzene ring substituents is 1. The molecule has 0 aliphatic rings. The number of nitro groups is 1. The number of rotatable bonds is 6. The molecule has 0 aliphatic carbocycles. The van der Waals surface area contributed by atoms with E-state index in [-0.39, 0.29) is 6.42 Å². The standard InChI is InChI=1S/C16H13FN2O5/c17-13-9-11(19(23)24)6-7-12(13)15(20)18-14(16(21)22)8-10-4-2-1-3-5-10/h1-7,9,14H,8H2,(H,18,20)(H,21,22)/t14-/m0/s1. The van der Waals surface area contributed by atoms with Gasteiger partial charge in [0.2, 0.25) is 0 Å². The van der Waals surface area contributed by atoms with Crippen molar-refractivity contribution < 1.29 is 24.0 Å². The number of non-ortho nitro benzene ring substituents is 1. The lowest BCUT2D eigenvalue weighted by atomic mass is 10.1. The van der Waals surface area contributed by atoms with Crippen molar-refractivity contribution in [1.29, 1.82) is 0 Å². The van der Waals surface area contributed by atoms with Crippen molar-refractivity contribution in [3.8, 4) is 0 Å². The van der Waals surface area contributed by atoms with Gasteiger partial charge in [0.15, 0.2) is 0 Å². The van der Waals surface area contributed by atoms with Crippen molar-refractivity contribution >= 4 is 17.6 Å². The molecule has 0 heterocycles. The molecular formula is C16H13FN2O5. The Morgan fingerprint density at radius 2 is 1.88 bits per heavy atom. The van der Waals surface area contributed by atoms with Gasteiger partial charge in [-0.2, -0.15) is 0 Å². The summed E-state index contributed by atoms with van der Waals surface area (Å²) in [4.78, 5) is 33.1. The minimum atomic E-state index is -1.27. The summed E-state index contributed by atoms with van der Waals surface area (Å²) in [5, 5.41) is 22.0. The number of nitrogens with zero attached hydrogens (tertiary/aromatic N) is 1. The van der Waals surface area contributed by atoms with E-state index < -0.39 is 39.9 Å². The Morgan fingerprint density at radius 3 is 2.42 bits per heavy atom. The minimum Gasteiger partial charge on any atom is -0.480 e. The van der Waals surface area contributed by atoms with Gasteiger partial charge < -0.3 is 10.4 Å². The zero-order valence-corrected chi connectivity index (χ0v) is 12.3. The maximum absolute atomic E-state index is 13.8. The first-order valence-electron chi connectivity index (χ1n) is 6.90. The molecule has 24 heavy (non-hydrogen) atoms. The molecule has 0 spiro atoms. The summed E-state index contributed by atoms with van der Waals surface area (Å²) in [6.45, 7) is 0. The monoisotopic (exact) mass is 332 g/mol. The number of nitrogens with one attached hydrogen (secondary N) is 1. The highest BCUT2D eigenvalue weighted by Gasteiger charge is 2.23. The summed E-state index contributed by atoms with van der Waals surface area (Å²) in [7, 11) is 0. The Bertz CT molecular complexity index is 779. The first-order chi connectivity index (χ1) is 11.4. The molecule has 0 aliphatic heterocycles. The summed E-state index contributed by atoms with van der Waals surface area (Å²) >= 11 is 0. The number of carbonyl (C=O) groups is 2. The van der Waals surface area contributed by atoms with Crippen molar-refractivity contribution in [2.75, 3.05) is 0 Å². The van der Waals surface area contributed by atoms with Gasteiger partial charge in [-0.15, -0.1) is 0 Å². The molecule has 2 aromatic rings. The summed E-state index contributed by atoms with van der Waals surface area (Å²) in [5.41, 5.74) is -0.266. The lowest BCUT2D eigenvalue weighted by Gasteiger charge is -2.15. The number of benzene rings is 2. The zero-order valence-electron chi connectivity index (χ0n) is 12.3. The second kappa shape index (κ2) is 7.32. The highest BCUT2D eigenvalue weighted by atomic mass is 19.1. The molecule has 0 fully saturated rings. The van der Waals surface area contributed by atoms with Crippen molar-refractivity contribution in [3.05, 3.63) is 75.6 Å². The number of aliphatic carboxylic acids is 1. The van der Waals surface area contributed by atoms with Gasteiger partial charge in [-0.3, -0.25) is 14.9 Å². The van der Waals surface area contributed by atoms with Crippen LogP contribution < -0.4 is 5.32 Å². The lowest BCUT2D eigenvalue weighted by Crippen LogP contribution is -2.42. The molecule has 1 atom stereocenters. The van der Waals surface area contributed by atoms with Crippen LogP contribution >= 0.6 is 0 Å². The first kappa shape index (κ1) is 17.1. The van der Waals surface area contributed by atoms with E-state index in [9.17, 15) is 29.2 Å². The highest BCUT2D eigenvalue weighted by Crippen LogP contribution is 2.17. The van der Waals surface area contributed by atoms with Crippen LogP contribution in [0.15, 0.2) is 48.5 Å². The molecule has 8 heteroatoms. The van der Waals surface area contributed by atoms with Crippen LogP contribution in [0.2, 0.25) is 0 Å². The fourth-order valence-electron chi connectivity index (χ4n) is 2.09. The maximum Gasteiger partial charge on any atom is 0.326 e. The van der Waals surface area contributed by atoms with Gasteiger partial charge in [0.05, 0.1) is 16.6 Å². The van der Waals surface area contributed by atoms with Crippen LogP contribution in [0, 0.1) is 15.9 Å². The van der Waals surface area contributed by atoms with Crippen LogP contribution in [0.5, 0.6) is 0 Å². The van der Waals surface area contributed by atoms with Gasteiger partial charge in [-0.05, 0) is 11.6 Å². The molecule has 124 valence electrons. The third kappa shape index (κ3) is 4.13. The minimum absolute atomic E-state index is 0.0243. The van der Waals surface area contributed by atoms with Gasteiger partial charge in [-0.1, -0.05) is 30.3 Å². The molecule has 0 saturated carbocycles. The van der Waals surface area contributed by atoms with Crippen molar-refractivity contribution in [2.24, 2.45) is 0 Å². The lowest BCUT2D eigenvalue weighted by molar-refractivity contribution is -0.385. The van der Waals surface area contributed by atoms with Crippen LogP contribution in [0.3, 0.4) is 0 Å². The van der Waals surface area contributed by atoms with E-state index in [0.717, 1.165) is 12.1 Å². The topological polar surface area (TPSA) is 110 Å². The largest absolute Gasteiger partial charge is 0.480 e. The van der Waals surface area contributed by atoms with Gasteiger partial charge in [0.25, 0.3) is 11.6 Å². The zero-order chi connectivity index (χ0) is 17.7. The SMILES string of the molecule is O=C(N[C@@H](Cc1ccccc1)C(=O)O)c1ccc([N+](=O)[O-])cc1F. The average molecular weight is 332 g/mol. The van der Waals surface area contributed by atoms with Crippen molar-refractivity contribution in [3.63, 3.8) is 0 Å². The summed E-state index contributed by atoms with van der Waals surface area (Å²) in [5.74, 6) is -3.31. The molecule has 0 bridgehead atoms.